The lowest BCUT2D eigenvalue weighted by Gasteiger charge is -2.18. The Morgan fingerprint density at radius 1 is 1.15 bits per heavy atom. The number of nitrogens with one attached hydrogen (secondary N) is 1. The van der Waals surface area contributed by atoms with Crippen LogP contribution in [-0.4, -0.2) is 17.0 Å². The average Bonchev–Trinajstić information content (AvgIpc) is 3.05. The minimum atomic E-state index is -0.553. The Balaban J connectivity index is 2.14. The number of primary amides is 1. The van der Waals surface area contributed by atoms with Crippen LogP contribution >= 0.6 is 11.3 Å². The van der Waals surface area contributed by atoms with Crippen LogP contribution in [0.2, 0.25) is 0 Å². The van der Waals surface area contributed by atoms with Gasteiger partial charge >= 0.3 is 0 Å². The Hall–Kier alpha value is -2.70. The zero-order valence-corrected chi connectivity index (χ0v) is 15.2. The monoisotopic (exact) mass is 368 g/mol. The highest BCUT2D eigenvalue weighted by Crippen LogP contribution is 2.41. The molecule has 26 heavy (non-hydrogen) atoms. The van der Waals surface area contributed by atoms with Crippen LogP contribution in [0.25, 0.3) is 10.1 Å². The maximum atomic E-state index is 12.1. The molecule has 3 aromatic rings. The van der Waals surface area contributed by atoms with Crippen molar-refractivity contribution in [2.24, 2.45) is 5.73 Å². The van der Waals surface area contributed by atoms with Crippen molar-refractivity contribution >= 4 is 33.2 Å². The molecular formula is C20H20N2O3S. The van der Waals surface area contributed by atoms with E-state index < -0.39 is 11.8 Å². The van der Waals surface area contributed by atoms with Crippen LogP contribution in [0, 0.1) is 0 Å². The lowest BCUT2D eigenvalue weighted by molar-refractivity contribution is 0.0706. The highest BCUT2D eigenvalue weighted by atomic mass is 32.1. The van der Waals surface area contributed by atoms with Crippen LogP contribution < -0.4 is 11.2 Å². The molecule has 0 radical (unpaired) electrons. The second kappa shape index (κ2) is 7.68. The molecule has 0 aliphatic carbocycles. The smallest absolute Gasteiger partial charge is 0.274 e. The molecule has 0 saturated carbocycles. The quantitative estimate of drug-likeness (QED) is 0.453. The first-order valence-corrected chi connectivity index (χ1v) is 9.24. The van der Waals surface area contributed by atoms with E-state index in [0.29, 0.717) is 10.4 Å². The molecule has 0 aliphatic rings. The van der Waals surface area contributed by atoms with E-state index in [1.807, 2.05) is 36.4 Å². The minimum Gasteiger partial charge on any atom is -0.365 e. The zero-order chi connectivity index (χ0) is 18.7. The third-order valence-corrected chi connectivity index (χ3v) is 5.66. The number of rotatable bonds is 6. The topological polar surface area (TPSA) is 92.4 Å². The molecule has 3 rings (SSSR count). The van der Waals surface area contributed by atoms with E-state index in [-0.39, 0.29) is 5.92 Å². The van der Waals surface area contributed by atoms with Crippen LogP contribution in [0.15, 0.2) is 48.5 Å². The van der Waals surface area contributed by atoms with Gasteiger partial charge in [-0.25, -0.2) is 5.48 Å². The van der Waals surface area contributed by atoms with Gasteiger partial charge in [0.25, 0.3) is 11.8 Å². The molecule has 0 fully saturated rings. The minimum absolute atomic E-state index is 0.00453. The number of nitrogens with two attached hydrogens (primary N) is 1. The number of hydroxylamine groups is 1. The summed E-state index contributed by atoms with van der Waals surface area (Å²) in [6.45, 7) is 2.10. The summed E-state index contributed by atoms with van der Waals surface area (Å²) in [4.78, 5) is 24.2. The van der Waals surface area contributed by atoms with E-state index in [9.17, 15) is 9.59 Å². The van der Waals surface area contributed by atoms with E-state index >= 15 is 0 Å². The summed E-state index contributed by atoms with van der Waals surface area (Å²) in [5.41, 5.74) is 9.63. The van der Waals surface area contributed by atoms with Gasteiger partial charge in [-0.1, -0.05) is 43.7 Å². The van der Waals surface area contributed by atoms with Gasteiger partial charge in [0.1, 0.15) is 0 Å². The third kappa shape index (κ3) is 3.34. The second-order valence-corrected chi connectivity index (χ2v) is 7.16. The molecule has 0 saturated heterocycles. The molecule has 134 valence electrons. The van der Waals surface area contributed by atoms with Crippen LogP contribution in [0.5, 0.6) is 0 Å². The number of fused-ring (bicyclic) bond motifs is 1. The number of benzene rings is 2. The lowest BCUT2D eigenvalue weighted by Crippen LogP contribution is -2.18. The average molecular weight is 368 g/mol. The first-order valence-electron chi connectivity index (χ1n) is 8.42. The second-order valence-electron chi connectivity index (χ2n) is 6.11. The molecule has 2 aromatic carbocycles. The fourth-order valence-electron chi connectivity index (χ4n) is 3.29. The van der Waals surface area contributed by atoms with Gasteiger partial charge in [-0.3, -0.25) is 14.8 Å². The van der Waals surface area contributed by atoms with Crippen molar-refractivity contribution in [2.45, 2.75) is 25.7 Å². The Morgan fingerprint density at radius 2 is 1.85 bits per heavy atom. The van der Waals surface area contributed by atoms with Gasteiger partial charge in [0.05, 0.1) is 4.88 Å². The Kier molecular flexibility index (Phi) is 5.35. The van der Waals surface area contributed by atoms with Crippen molar-refractivity contribution < 1.29 is 14.8 Å². The standard InChI is InChI=1S/C20H20N2O3S/c1-2-5-14(12-8-10-13(11-9-12)20(24)22-25)17-15-6-3-4-7-16(15)26-18(17)19(21)23/h3-4,6-11,14,25H,2,5H2,1H3,(H2,21,23)(H,22,24)/t14-/m1/s1. The molecule has 0 bridgehead atoms. The summed E-state index contributed by atoms with van der Waals surface area (Å²) >= 11 is 1.42. The number of carbonyl (C=O) groups is 2. The molecule has 4 N–H and O–H groups in total. The molecule has 2 amide bonds. The summed E-state index contributed by atoms with van der Waals surface area (Å²) in [5, 5.41) is 9.81. The van der Waals surface area contributed by atoms with E-state index in [0.717, 1.165) is 34.1 Å². The van der Waals surface area contributed by atoms with Gasteiger partial charge in [-0.2, -0.15) is 0 Å². The SMILES string of the molecule is CCC[C@H](c1ccc(C(=O)NO)cc1)c1c(C(N)=O)sc2ccccc12. The molecule has 1 aromatic heterocycles. The van der Waals surface area contributed by atoms with Gasteiger partial charge in [0.2, 0.25) is 0 Å². The Labute approximate surface area is 155 Å². The normalized spacial score (nSPS) is 12.1. The summed E-state index contributed by atoms with van der Waals surface area (Å²) in [6, 6.07) is 15.0. The number of hydrogen-bond acceptors (Lipinski definition) is 4. The highest BCUT2D eigenvalue weighted by molar-refractivity contribution is 7.21. The highest BCUT2D eigenvalue weighted by Gasteiger charge is 2.24. The van der Waals surface area contributed by atoms with Crippen molar-refractivity contribution in [2.75, 3.05) is 0 Å². The fraction of sp³-hybridized carbons (Fsp3) is 0.200. The van der Waals surface area contributed by atoms with Gasteiger partial charge < -0.3 is 5.73 Å². The van der Waals surface area contributed by atoms with Crippen LogP contribution in [-0.2, 0) is 0 Å². The number of hydrogen-bond donors (Lipinski definition) is 3. The number of amides is 2. The maximum Gasteiger partial charge on any atom is 0.274 e. The Morgan fingerprint density at radius 3 is 2.46 bits per heavy atom. The largest absolute Gasteiger partial charge is 0.365 e. The van der Waals surface area contributed by atoms with E-state index in [1.165, 1.54) is 11.3 Å². The molecule has 5 nitrogen and oxygen atoms in total. The van der Waals surface area contributed by atoms with Crippen molar-refractivity contribution in [3.63, 3.8) is 0 Å². The molecule has 6 heteroatoms. The predicted octanol–water partition coefficient (Wildman–Crippen LogP) is 4.05. The van der Waals surface area contributed by atoms with E-state index in [1.54, 1.807) is 17.6 Å². The van der Waals surface area contributed by atoms with Gasteiger partial charge in [-0.05, 0) is 41.1 Å². The van der Waals surface area contributed by atoms with E-state index in [2.05, 4.69) is 6.92 Å². The zero-order valence-electron chi connectivity index (χ0n) is 14.4. The number of thiophene rings is 1. The van der Waals surface area contributed by atoms with Crippen LogP contribution in [0.3, 0.4) is 0 Å². The van der Waals surface area contributed by atoms with E-state index in [4.69, 9.17) is 10.9 Å². The van der Waals surface area contributed by atoms with Gasteiger partial charge in [-0.15, -0.1) is 11.3 Å². The first-order chi connectivity index (χ1) is 12.6. The summed E-state index contributed by atoms with van der Waals surface area (Å²) in [6.07, 6.45) is 1.79. The molecule has 0 aliphatic heterocycles. The summed E-state index contributed by atoms with van der Waals surface area (Å²) in [5.74, 6) is -0.967. The van der Waals surface area contributed by atoms with Crippen molar-refractivity contribution in [1.82, 2.24) is 5.48 Å². The van der Waals surface area contributed by atoms with Gasteiger partial charge in [0.15, 0.2) is 0 Å². The molecule has 1 atom stereocenters. The van der Waals surface area contributed by atoms with Crippen molar-refractivity contribution in [3.8, 4) is 0 Å². The van der Waals surface area contributed by atoms with Crippen molar-refractivity contribution in [1.29, 1.82) is 0 Å². The molecule has 1 heterocycles. The summed E-state index contributed by atoms with van der Waals surface area (Å²) in [7, 11) is 0. The molecular weight excluding hydrogens is 348 g/mol. The van der Waals surface area contributed by atoms with Crippen LogP contribution in [0.4, 0.5) is 0 Å². The third-order valence-electron chi connectivity index (χ3n) is 4.46. The maximum absolute atomic E-state index is 12.1. The first kappa shape index (κ1) is 18.1. The van der Waals surface area contributed by atoms with Crippen molar-refractivity contribution in [3.05, 3.63) is 70.1 Å². The van der Waals surface area contributed by atoms with Crippen LogP contribution in [0.1, 0.15) is 56.8 Å². The molecule has 0 unspecified atom stereocenters. The van der Waals surface area contributed by atoms with Gasteiger partial charge in [0, 0.05) is 16.2 Å². The molecule has 0 spiro atoms. The number of carbonyl (C=O) groups excluding carboxylic acids is 2. The predicted molar refractivity (Wildman–Crippen MR) is 103 cm³/mol. The summed E-state index contributed by atoms with van der Waals surface area (Å²) < 4.78 is 1.04. The lowest BCUT2D eigenvalue weighted by atomic mass is 9.85. The Bertz CT molecular complexity index is 947. The fourth-order valence-corrected chi connectivity index (χ4v) is 4.41.